The molecule has 2 N–H and O–H groups in total. The lowest BCUT2D eigenvalue weighted by molar-refractivity contribution is 0.614. The molecule has 0 saturated carbocycles. The summed E-state index contributed by atoms with van der Waals surface area (Å²) >= 11 is 5.92. The van der Waals surface area contributed by atoms with E-state index in [0.29, 0.717) is 10.9 Å². The van der Waals surface area contributed by atoms with E-state index < -0.39 is 0 Å². The van der Waals surface area contributed by atoms with Crippen molar-refractivity contribution in [1.29, 1.82) is 0 Å². The summed E-state index contributed by atoms with van der Waals surface area (Å²) in [6.07, 6.45) is 2.99. The molecular weight excluding hydrogens is 248 g/mol. The molecule has 1 saturated heterocycles. The SMILES string of the molecule is Clc1ccc2nc(NC[C@H]3CCNC3)cnc2c1. The molecule has 18 heavy (non-hydrogen) atoms. The number of aromatic nitrogens is 2. The van der Waals surface area contributed by atoms with Gasteiger partial charge in [0.2, 0.25) is 0 Å². The smallest absolute Gasteiger partial charge is 0.145 e. The summed E-state index contributed by atoms with van der Waals surface area (Å²) < 4.78 is 0. The first-order valence-electron chi connectivity index (χ1n) is 6.18. The first kappa shape index (κ1) is 11.7. The lowest BCUT2D eigenvalue weighted by Crippen LogP contribution is -2.17. The number of rotatable bonds is 3. The topological polar surface area (TPSA) is 49.8 Å². The third-order valence-electron chi connectivity index (χ3n) is 3.24. The zero-order valence-corrected chi connectivity index (χ0v) is 10.7. The van der Waals surface area contributed by atoms with Gasteiger partial charge in [-0.05, 0) is 43.6 Å². The molecule has 1 aromatic carbocycles. The highest BCUT2D eigenvalue weighted by Gasteiger charge is 2.14. The van der Waals surface area contributed by atoms with Crippen LogP contribution in [0, 0.1) is 5.92 Å². The number of nitrogens with one attached hydrogen (secondary N) is 2. The number of anilines is 1. The second-order valence-electron chi connectivity index (χ2n) is 4.63. The Hall–Kier alpha value is -1.39. The Morgan fingerprint density at radius 1 is 1.39 bits per heavy atom. The van der Waals surface area contributed by atoms with Crippen molar-refractivity contribution < 1.29 is 0 Å². The number of fused-ring (bicyclic) bond motifs is 1. The van der Waals surface area contributed by atoms with E-state index >= 15 is 0 Å². The minimum absolute atomic E-state index is 0.688. The maximum Gasteiger partial charge on any atom is 0.145 e. The molecule has 1 aliphatic heterocycles. The van der Waals surface area contributed by atoms with E-state index in [1.165, 1.54) is 6.42 Å². The van der Waals surface area contributed by atoms with Crippen molar-refractivity contribution in [1.82, 2.24) is 15.3 Å². The number of hydrogen-bond donors (Lipinski definition) is 2. The third-order valence-corrected chi connectivity index (χ3v) is 3.47. The van der Waals surface area contributed by atoms with Gasteiger partial charge in [0.15, 0.2) is 0 Å². The van der Waals surface area contributed by atoms with Crippen molar-refractivity contribution in [2.75, 3.05) is 25.0 Å². The molecule has 3 rings (SSSR count). The fourth-order valence-corrected chi connectivity index (χ4v) is 2.37. The second kappa shape index (κ2) is 5.08. The third kappa shape index (κ3) is 2.54. The van der Waals surface area contributed by atoms with Crippen LogP contribution in [0.1, 0.15) is 6.42 Å². The second-order valence-corrected chi connectivity index (χ2v) is 5.06. The molecule has 0 bridgehead atoms. The Kier molecular flexibility index (Phi) is 3.30. The molecule has 2 heterocycles. The quantitative estimate of drug-likeness (QED) is 0.891. The molecule has 94 valence electrons. The van der Waals surface area contributed by atoms with Crippen LogP contribution in [-0.4, -0.2) is 29.6 Å². The van der Waals surface area contributed by atoms with Gasteiger partial charge in [0.05, 0.1) is 17.2 Å². The van der Waals surface area contributed by atoms with Crippen molar-refractivity contribution in [3.63, 3.8) is 0 Å². The summed E-state index contributed by atoms with van der Waals surface area (Å²) in [5.41, 5.74) is 1.70. The molecule has 0 unspecified atom stereocenters. The van der Waals surface area contributed by atoms with Gasteiger partial charge in [0.1, 0.15) is 5.82 Å². The number of nitrogens with zero attached hydrogens (tertiary/aromatic N) is 2. The molecular formula is C13H15ClN4. The average molecular weight is 263 g/mol. The lowest BCUT2D eigenvalue weighted by atomic mass is 10.1. The standard InChI is InChI=1S/C13H15ClN4/c14-10-1-2-11-12(5-10)16-8-13(18-11)17-7-9-3-4-15-6-9/h1-2,5,8-9,15H,3-4,6-7H2,(H,17,18)/t9-/m0/s1. The molecule has 1 atom stereocenters. The summed E-state index contributed by atoms with van der Waals surface area (Å²) in [6, 6.07) is 5.56. The highest BCUT2D eigenvalue weighted by atomic mass is 35.5. The Balaban J connectivity index is 1.74. The minimum atomic E-state index is 0.688. The highest BCUT2D eigenvalue weighted by molar-refractivity contribution is 6.31. The summed E-state index contributed by atoms with van der Waals surface area (Å²) in [4.78, 5) is 8.89. The van der Waals surface area contributed by atoms with Gasteiger partial charge in [0, 0.05) is 11.6 Å². The van der Waals surface area contributed by atoms with Gasteiger partial charge in [-0.1, -0.05) is 11.6 Å². The summed E-state index contributed by atoms with van der Waals surface area (Å²) in [5, 5.41) is 7.39. The molecule has 2 aromatic rings. The van der Waals surface area contributed by atoms with Crippen LogP contribution in [0.2, 0.25) is 5.02 Å². The lowest BCUT2D eigenvalue weighted by Gasteiger charge is -2.10. The van der Waals surface area contributed by atoms with Crippen molar-refractivity contribution in [2.45, 2.75) is 6.42 Å². The number of hydrogen-bond acceptors (Lipinski definition) is 4. The normalized spacial score (nSPS) is 19.3. The van der Waals surface area contributed by atoms with Crippen molar-refractivity contribution >= 4 is 28.5 Å². The van der Waals surface area contributed by atoms with Crippen LogP contribution >= 0.6 is 11.6 Å². The van der Waals surface area contributed by atoms with E-state index in [2.05, 4.69) is 20.6 Å². The number of benzene rings is 1. The fourth-order valence-electron chi connectivity index (χ4n) is 2.21. The van der Waals surface area contributed by atoms with Gasteiger partial charge in [0.25, 0.3) is 0 Å². The van der Waals surface area contributed by atoms with Gasteiger partial charge in [-0.25, -0.2) is 4.98 Å². The molecule has 0 spiro atoms. The number of halogens is 1. The summed E-state index contributed by atoms with van der Waals surface area (Å²) in [7, 11) is 0. The maximum absolute atomic E-state index is 5.92. The van der Waals surface area contributed by atoms with Crippen LogP contribution in [0.4, 0.5) is 5.82 Å². The van der Waals surface area contributed by atoms with Gasteiger partial charge in [-0.3, -0.25) is 4.98 Å². The van der Waals surface area contributed by atoms with Gasteiger partial charge in [-0.2, -0.15) is 0 Å². The van der Waals surface area contributed by atoms with Crippen LogP contribution in [0.25, 0.3) is 11.0 Å². The summed E-state index contributed by atoms with van der Waals surface area (Å²) in [6.45, 7) is 3.15. The zero-order valence-electron chi connectivity index (χ0n) is 9.99. The van der Waals surface area contributed by atoms with E-state index in [1.54, 1.807) is 6.20 Å². The van der Waals surface area contributed by atoms with E-state index in [0.717, 1.165) is 36.5 Å². The Bertz CT molecular complexity index is 552. The highest BCUT2D eigenvalue weighted by Crippen LogP contribution is 2.17. The van der Waals surface area contributed by atoms with Crippen LogP contribution in [0.15, 0.2) is 24.4 Å². The Labute approximate surface area is 111 Å². The largest absolute Gasteiger partial charge is 0.368 e. The van der Waals surface area contributed by atoms with Crippen LogP contribution in [0.5, 0.6) is 0 Å². The van der Waals surface area contributed by atoms with E-state index in [4.69, 9.17) is 11.6 Å². The van der Waals surface area contributed by atoms with Crippen LogP contribution in [0.3, 0.4) is 0 Å². The van der Waals surface area contributed by atoms with Crippen molar-refractivity contribution in [3.05, 3.63) is 29.4 Å². The van der Waals surface area contributed by atoms with E-state index in [1.807, 2.05) is 18.2 Å². The van der Waals surface area contributed by atoms with Gasteiger partial charge >= 0.3 is 0 Å². The first-order chi connectivity index (χ1) is 8.81. The molecule has 1 aromatic heterocycles. The molecule has 0 aliphatic carbocycles. The molecule has 0 radical (unpaired) electrons. The molecule has 1 aliphatic rings. The fraction of sp³-hybridized carbons (Fsp3) is 0.385. The van der Waals surface area contributed by atoms with E-state index in [9.17, 15) is 0 Å². The van der Waals surface area contributed by atoms with Crippen LogP contribution in [-0.2, 0) is 0 Å². The first-order valence-corrected chi connectivity index (χ1v) is 6.56. The van der Waals surface area contributed by atoms with Crippen LogP contribution < -0.4 is 10.6 Å². The Morgan fingerprint density at radius 2 is 2.33 bits per heavy atom. The summed E-state index contributed by atoms with van der Waals surface area (Å²) in [5.74, 6) is 1.52. The predicted molar refractivity (Wildman–Crippen MR) is 74.0 cm³/mol. The van der Waals surface area contributed by atoms with E-state index in [-0.39, 0.29) is 0 Å². The minimum Gasteiger partial charge on any atom is -0.368 e. The molecule has 5 heteroatoms. The molecule has 4 nitrogen and oxygen atoms in total. The van der Waals surface area contributed by atoms with Crippen molar-refractivity contribution in [2.24, 2.45) is 5.92 Å². The predicted octanol–water partition coefficient (Wildman–Crippen LogP) is 2.30. The van der Waals surface area contributed by atoms with Gasteiger partial charge < -0.3 is 10.6 Å². The van der Waals surface area contributed by atoms with Crippen molar-refractivity contribution in [3.8, 4) is 0 Å². The zero-order chi connectivity index (χ0) is 12.4. The Morgan fingerprint density at radius 3 is 3.17 bits per heavy atom. The molecule has 0 amide bonds. The molecule has 1 fully saturated rings. The monoisotopic (exact) mass is 262 g/mol. The van der Waals surface area contributed by atoms with Gasteiger partial charge in [-0.15, -0.1) is 0 Å². The average Bonchev–Trinajstić information content (AvgIpc) is 2.89. The maximum atomic E-state index is 5.92.